The molecule has 12 heteroatoms. The lowest BCUT2D eigenvalue weighted by atomic mass is 9.79. The third kappa shape index (κ3) is 11.4. The van der Waals surface area contributed by atoms with Crippen molar-refractivity contribution in [3.05, 3.63) is 0 Å². The van der Waals surface area contributed by atoms with Crippen molar-refractivity contribution in [1.29, 1.82) is 0 Å². The Morgan fingerprint density at radius 1 is 0.565 bits per heavy atom. The highest BCUT2D eigenvalue weighted by Gasteiger charge is 2.47. The van der Waals surface area contributed by atoms with E-state index >= 15 is 0 Å². The highest BCUT2D eigenvalue weighted by molar-refractivity contribution is 5.82. The molecular weight excluding hydrogens is 596 g/mol. The zero-order chi connectivity index (χ0) is 35.1. The number of nitrogens with zero attached hydrogens (tertiary/aromatic N) is 2. The van der Waals surface area contributed by atoms with E-state index < -0.39 is 58.2 Å². The largest absolute Gasteiger partial charge is 0.462 e. The lowest BCUT2D eigenvalue weighted by Crippen LogP contribution is -2.63. The minimum Gasteiger partial charge on any atom is -0.462 e. The van der Waals surface area contributed by atoms with Gasteiger partial charge in [-0.15, -0.1) is 0 Å². The Kier molecular flexibility index (Phi) is 13.5. The second-order valence-corrected chi connectivity index (χ2v) is 15.1. The van der Waals surface area contributed by atoms with E-state index in [9.17, 15) is 28.8 Å². The van der Waals surface area contributed by atoms with Crippen molar-refractivity contribution in [2.24, 2.45) is 0 Å². The number of Topliss-reactive ketones (excluding diaryl/α,β-unsaturated/α-hetero) is 2. The van der Waals surface area contributed by atoms with Gasteiger partial charge in [0.1, 0.15) is 37.0 Å². The zero-order valence-corrected chi connectivity index (χ0v) is 29.6. The number of hydrogen-bond donors (Lipinski definition) is 0. The molecule has 0 N–H and O–H groups in total. The van der Waals surface area contributed by atoms with Crippen LogP contribution in [-0.4, -0.2) is 106 Å². The average Bonchev–Trinajstić information content (AvgIpc) is 2.90. The van der Waals surface area contributed by atoms with E-state index in [2.05, 4.69) is 9.80 Å². The molecule has 2 aliphatic rings. The minimum absolute atomic E-state index is 0.151. The summed E-state index contributed by atoms with van der Waals surface area (Å²) in [6.45, 7) is 19.2. The number of likely N-dealkylation sites (tertiary alicyclic amines) is 2. The number of ketones is 2. The number of ether oxygens (including phenoxy) is 4. The molecule has 46 heavy (non-hydrogen) atoms. The summed E-state index contributed by atoms with van der Waals surface area (Å²) in [5, 5.41) is 0. The van der Waals surface area contributed by atoms with E-state index in [1.165, 1.54) is 0 Å². The molecule has 2 rings (SSSR count). The molecule has 2 fully saturated rings. The summed E-state index contributed by atoms with van der Waals surface area (Å²) in [5.74, 6) is -1.87. The van der Waals surface area contributed by atoms with Crippen molar-refractivity contribution in [1.82, 2.24) is 9.80 Å². The molecule has 0 saturated carbocycles. The fourth-order valence-electron chi connectivity index (χ4n) is 6.98. The van der Waals surface area contributed by atoms with Gasteiger partial charge < -0.3 is 18.9 Å². The smallest absolute Gasteiger partial charge is 0.306 e. The first-order chi connectivity index (χ1) is 21.1. The van der Waals surface area contributed by atoms with E-state index in [4.69, 9.17) is 18.9 Å². The summed E-state index contributed by atoms with van der Waals surface area (Å²) in [5.41, 5.74) is -1.98. The van der Waals surface area contributed by atoms with Crippen LogP contribution in [0.4, 0.5) is 0 Å². The summed E-state index contributed by atoms with van der Waals surface area (Å²) in [6.07, 6.45) is -0.391. The lowest BCUT2D eigenvalue weighted by molar-refractivity contribution is -0.167. The Bertz CT molecular complexity index is 1100. The van der Waals surface area contributed by atoms with Crippen molar-refractivity contribution in [2.45, 2.75) is 155 Å². The standard InChI is InChI=1S/C34H56N2O10/c1-11-27(39)43-21-26(20-36-33(7,8)17-24(38)18-34(36,9)10)46-30(42)14-13-29(41)44-22-25(45-28(40)12-2)19-35-31(3,4)15-23(37)16-32(35,5)6/h25-26H,11-22H2,1-10H3. The first kappa shape index (κ1) is 39.3. The molecule has 2 heterocycles. The van der Waals surface area contributed by atoms with Gasteiger partial charge in [0.05, 0.1) is 12.8 Å². The van der Waals surface area contributed by atoms with E-state index in [0.717, 1.165) is 0 Å². The number of hydrogen-bond acceptors (Lipinski definition) is 12. The first-order valence-electron chi connectivity index (χ1n) is 16.4. The Hall–Kier alpha value is -2.86. The van der Waals surface area contributed by atoms with Gasteiger partial charge in [0.2, 0.25) is 0 Å². The molecule has 0 bridgehead atoms. The van der Waals surface area contributed by atoms with E-state index in [0.29, 0.717) is 25.7 Å². The molecule has 2 unspecified atom stereocenters. The summed E-state index contributed by atoms with van der Waals surface area (Å²) in [4.78, 5) is 78.7. The quantitative estimate of drug-likeness (QED) is 0.187. The molecule has 2 atom stereocenters. The molecule has 2 saturated heterocycles. The summed E-state index contributed by atoms with van der Waals surface area (Å²) in [7, 11) is 0. The summed E-state index contributed by atoms with van der Waals surface area (Å²) < 4.78 is 22.1. The van der Waals surface area contributed by atoms with Crippen molar-refractivity contribution in [3.8, 4) is 0 Å². The lowest BCUT2D eigenvalue weighted by Gasteiger charge is -2.52. The van der Waals surface area contributed by atoms with Gasteiger partial charge in [0.25, 0.3) is 0 Å². The fourth-order valence-corrected chi connectivity index (χ4v) is 6.98. The number of carbonyl (C=O) groups excluding carboxylic acids is 6. The number of rotatable bonds is 15. The van der Waals surface area contributed by atoms with Crippen LogP contribution in [0.5, 0.6) is 0 Å². The molecule has 2 aliphatic heterocycles. The normalized spacial score (nSPS) is 22.0. The van der Waals surface area contributed by atoms with Crippen molar-refractivity contribution in [3.63, 3.8) is 0 Å². The number of carbonyl (C=O) groups is 6. The van der Waals surface area contributed by atoms with Crippen LogP contribution in [0.2, 0.25) is 0 Å². The van der Waals surface area contributed by atoms with Gasteiger partial charge in [-0.3, -0.25) is 38.6 Å². The van der Waals surface area contributed by atoms with Crippen LogP contribution >= 0.6 is 0 Å². The van der Waals surface area contributed by atoms with E-state index in [1.54, 1.807) is 13.8 Å². The second kappa shape index (κ2) is 15.8. The molecule has 0 aromatic heterocycles. The monoisotopic (exact) mass is 652 g/mol. The number of piperidine rings is 2. The maximum Gasteiger partial charge on any atom is 0.306 e. The predicted octanol–water partition coefficient (Wildman–Crippen LogP) is 3.94. The van der Waals surface area contributed by atoms with Crippen LogP contribution in [0, 0.1) is 0 Å². The molecule has 262 valence electrons. The Morgan fingerprint density at radius 3 is 1.26 bits per heavy atom. The molecule has 0 radical (unpaired) electrons. The Labute approximate surface area is 274 Å². The van der Waals surface area contributed by atoms with Crippen molar-refractivity contribution >= 4 is 35.4 Å². The van der Waals surface area contributed by atoms with Gasteiger partial charge >= 0.3 is 23.9 Å². The second-order valence-electron chi connectivity index (χ2n) is 15.1. The van der Waals surface area contributed by atoms with Crippen LogP contribution in [0.25, 0.3) is 0 Å². The molecule has 0 aromatic rings. The highest BCUT2D eigenvalue weighted by atomic mass is 16.6. The van der Waals surface area contributed by atoms with Gasteiger partial charge in [0.15, 0.2) is 0 Å². The zero-order valence-electron chi connectivity index (χ0n) is 29.6. The van der Waals surface area contributed by atoms with Crippen LogP contribution in [-0.2, 0) is 47.7 Å². The third-order valence-electron chi connectivity index (χ3n) is 8.78. The first-order valence-corrected chi connectivity index (χ1v) is 16.4. The predicted molar refractivity (Wildman–Crippen MR) is 170 cm³/mol. The van der Waals surface area contributed by atoms with Gasteiger partial charge in [0, 0.05) is 73.8 Å². The van der Waals surface area contributed by atoms with Gasteiger partial charge in [-0.2, -0.15) is 0 Å². The van der Waals surface area contributed by atoms with Crippen LogP contribution in [0.15, 0.2) is 0 Å². The Balaban J connectivity index is 2.03. The van der Waals surface area contributed by atoms with Crippen LogP contribution in [0.1, 0.15) is 121 Å². The molecule has 0 spiro atoms. The SMILES string of the molecule is CCC(=O)OCC(CN1C(C)(C)CC(=O)CC1(C)C)OC(=O)CCC(=O)OCC(CN1C(C)(C)CC(=O)CC1(C)C)OC(=O)CC. The molecular formula is C34H56N2O10. The fraction of sp³-hybridized carbons (Fsp3) is 0.824. The van der Waals surface area contributed by atoms with E-state index in [1.807, 2.05) is 55.4 Å². The highest BCUT2D eigenvalue weighted by Crippen LogP contribution is 2.38. The molecule has 0 aliphatic carbocycles. The average molecular weight is 653 g/mol. The topological polar surface area (TPSA) is 146 Å². The minimum atomic E-state index is -0.813. The van der Waals surface area contributed by atoms with Crippen molar-refractivity contribution in [2.75, 3.05) is 26.3 Å². The molecule has 0 aromatic carbocycles. The summed E-state index contributed by atoms with van der Waals surface area (Å²) >= 11 is 0. The van der Waals surface area contributed by atoms with E-state index in [-0.39, 0.29) is 63.6 Å². The maximum absolute atomic E-state index is 12.9. The third-order valence-corrected chi connectivity index (χ3v) is 8.78. The van der Waals surface area contributed by atoms with Crippen LogP contribution < -0.4 is 0 Å². The summed E-state index contributed by atoms with van der Waals surface area (Å²) in [6, 6.07) is 0. The van der Waals surface area contributed by atoms with Gasteiger partial charge in [-0.05, 0) is 55.4 Å². The molecule has 0 amide bonds. The van der Waals surface area contributed by atoms with Gasteiger partial charge in [-0.1, -0.05) is 13.8 Å². The number of esters is 4. The maximum atomic E-state index is 12.9. The molecule has 12 nitrogen and oxygen atoms in total. The van der Waals surface area contributed by atoms with Gasteiger partial charge in [-0.25, -0.2) is 0 Å². The van der Waals surface area contributed by atoms with Crippen LogP contribution in [0.3, 0.4) is 0 Å². The van der Waals surface area contributed by atoms with Crippen molar-refractivity contribution < 1.29 is 47.7 Å². The Morgan fingerprint density at radius 2 is 0.891 bits per heavy atom.